The lowest BCUT2D eigenvalue weighted by Crippen LogP contribution is -2.39. The largest absolute Gasteiger partial charge is 0.473 e. The van der Waals surface area contributed by atoms with Gasteiger partial charge >= 0.3 is 5.97 Å². The Morgan fingerprint density at radius 3 is 2.18 bits per heavy atom. The highest BCUT2D eigenvalue weighted by molar-refractivity contribution is 6.37. The quantitative estimate of drug-likeness (QED) is 0.796. The van der Waals surface area contributed by atoms with Crippen LogP contribution < -0.4 is 4.74 Å². The van der Waals surface area contributed by atoms with E-state index in [-0.39, 0.29) is 15.8 Å². The number of hydrogen-bond donors (Lipinski definition) is 0. The number of benzene rings is 1. The van der Waals surface area contributed by atoms with E-state index in [9.17, 15) is 9.18 Å². The van der Waals surface area contributed by atoms with Crippen molar-refractivity contribution in [2.75, 3.05) is 7.11 Å². The maximum absolute atomic E-state index is 12.9. The molecule has 3 nitrogen and oxygen atoms in total. The smallest absolute Gasteiger partial charge is 0.349 e. The first-order valence-corrected chi connectivity index (χ1v) is 5.45. The highest BCUT2D eigenvalue weighted by Crippen LogP contribution is 2.36. The van der Waals surface area contributed by atoms with Gasteiger partial charge in [0.05, 0.1) is 17.2 Å². The third-order valence-corrected chi connectivity index (χ3v) is 2.56. The van der Waals surface area contributed by atoms with Crippen molar-refractivity contribution in [3.05, 3.63) is 28.0 Å². The second-order valence-corrected chi connectivity index (χ2v) is 4.62. The number of halogens is 3. The Bertz CT molecular complexity index is 423. The van der Waals surface area contributed by atoms with Gasteiger partial charge in [-0.15, -0.1) is 0 Å². The minimum Gasteiger partial charge on any atom is -0.473 e. The summed E-state index contributed by atoms with van der Waals surface area (Å²) >= 11 is 11.6. The van der Waals surface area contributed by atoms with Gasteiger partial charge in [-0.05, 0) is 26.0 Å². The molecule has 0 bridgehead atoms. The molecule has 94 valence electrons. The normalized spacial score (nSPS) is 11.2. The zero-order valence-corrected chi connectivity index (χ0v) is 11.0. The summed E-state index contributed by atoms with van der Waals surface area (Å²) in [6.07, 6.45) is 0. The lowest BCUT2D eigenvalue weighted by molar-refractivity contribution is -0.156. The van der Waals surface area contributed by atoms with Gasteiger partial charge in [-0.1, -0.05) is 23.2 Å². The van der Waals surface area contributed by atoms with Crippen molar-refractivity contribution >= 4 is 29.2 Å². The minimum atomic E-state index is -1.26. The average molecular weight is 281 g/mol. The van der Waals surface area contributed by atoms with E-state index in [1.165, 1.54) is 21.0 Å². The van der Waals surface area contributed by atoms with E-state index in [0.29, 0.717) is 0 Å². The van der Waals surface area contributed by atoms with E-state index in [4.69, 9.17) is 27.9 Å². The molecule has 0 N–H and O–H groups in total. The van der Waals surface area contributed by atoms with Gasteiger partial charge in [-0.2, -0.15) is 0 Å². The molecule has 0 atom stereocenters. The highest BCUT2D eigenvalue weighted by Gasteiger charge is 2.32. The fraction of sp³-hybridized carbons (Fsp3) is 0.364. The molecule has 0 aliphatic rings. The van der Waals surface area contributed by atoms with E-state index in [1.54, 1.807) is 0 Å². The molecule has 0 unspecified atom stereocenters. The zero-order valence-electron chi connectivity index (χ0n) is 9.51. The standard InChI is InChI=1S/C11H11Cl2FO3/c1-11(2,10(15)16-3)17-9-7(12)4-6(14)5-8(9)13/h4-5H,1-3H3. The Kier molecular flexibility index (Phi) is 4.22. The molecule has 0 fully saturated rings. The van der Waals surface area contributed by atoms with Crippen LogP contribution in [-0.4, -0.2) is 18.7 Å². The van der Waals surface area contributed by atoms with Crippen LogP contribution in [0.4, 0.5) is 4.39 Å². The van der Waals surface area contributed by atoms with Gasteiger partial charge in [0.2, 0.25) is 0 Å². The molecule has 0 radical (unpaired) electrons. The van der Waals surface area contributed by atoms with Crippen molar-refractivity contribution in [1.29, 1.82) is 0 Å². The molecular weight excluding hydrogens is 270 g/mol. The Morgan fingerprint density at radius 2 is 1.76 bits per heavy atom. The molecule has 1 aromatic rings. The molecule has 0 amide bonds. The first kappa shape index (κ1) is 14.1. The predicted molar refractivity (Wildman–Crippen MR) is 63.1 cm³/mol. The van der Waals surface area contributed by atoms with Gasteiger partial charge in [0, 0.05) is 0 Å². The molecule has 17 heavy (non-hydrogen) atoms. The van der Waals surface area contributed by atoms with Crippen LogP contribution in [0, 0.1) is 5.82 Å². The van der Waals surface area contributed by atoms with Crippen LogP contribution >= 0.6 is 23.2 Å². The lowest BCUT2D eigenvalue weighted by Gasteiger charge is -2.24. The predicted octanol–water partition coefficient (Wildman–Crippen LogP) is 3.46. The van der Waals surface area contributed by atoms with E-state index < -0.39 is 17.4 Å². The van der Waals surface area contributed by atoms with Crippen molar-refractivity contribution in [2.45, 2.75) is 19.4 Å². The molecule has 0 spiro atoms. The Morgan fingerprint density at radius 1 is 1.29 bits per heavy atom. The number of carbonyl (C=O) groups excluding carboxylic acids is 1. The summed E-state index contributed by atoms with van der Waals surface area (Å²) in [5.74, 6) is -1.12. The maximum atomic E-state index is 12.9. The molecule has 6 heteroatoms. The van der Waals surface area contributed by atoms with Gasteiger partial charge < -0.3 is 9.47 Å². The SMILES string of the molecule is COC(=O)C(C)(C)Oc1c(Cl)cc(F)cc1Cl. The van der Waals surface area contributed by atoms with Crippen molar-refractivity contribution in [1.82, 2.24) is 0 Å². The Labute approximate surface area is 108 Å². The Hall–Kier alpha value is -1.00. The second kappa shape index (κ2) is 5.10. The van der Waals surface area contributed by atoms with E-state index in [1.807, 2.05) is 0 Å². The third kappa shape index (κ3) is 3.23. The molecule has 0 saturated carbocycles. The van der Waals surface area contributed by atoms with Gasteiger partial charge in [0.25, 0.3) is 0 Å². The van der Waals surface area contributed by atoms with Crippen LogP contribution in [0.25, 0.3) is 0 Å². The monoisotopic (exact) mass is 280 g/mol. The van der Waals surface area contributed by atoms with Crippen molar-refractivity contribution < 1.29 is 18.7 Å². The summed E-state index contributed by atoms with van der Waals surface area (Å²) in [7, 11) is 1.24. The third-order valence-electron chi connectivity index (χ3n) is 2.00. The fourth-order valence-electron chi connectivity index (χ4n) is 1.17. The van der Waals surface area contributed by atoms with Crippen LogP contribution in [-0.2, 0) is 9.53 Å². The van der Waals surface area contributed by atoms with E-state index in [2.05, 4.69) is 4.74 Å². The molecule has 0 aliphatic heterocycles. The maximum Gasteiger partial charge on any atom is 0.349 e. The first-order chi connectivity index (χ1) is 7.77. The van der Waals surface area contributed by atoms with E-state index >= 15 is 0 Å². The van der Waals surface area contributed by atoms with E-state index in [0.717, 1.165) is 12.1 Å². The van der Waals surface area contributed by atoms with Crippen molar-refractivity contribution in [3.8, 4) is 5.75 Å². The van der Waals surface area contributed by atoms with Crippen molar-refractivity contribution in [3.63, 3.8) is 0 Å². The summed E-state index contributed by atoms with van der Waals surface area (Å²) in [6, 6.07) is 2.10. The minimum absolute atomic E-state index is 0.00743. The highest BCUT2D eigenvalue weighted by atomic mass is 35.5. The Balaban J connectivity index is 3.07. The molecule has 1 aromatic carbocycles. The molecule has 0 heterocycles. The number of rotatable bonds is 3. The molecule has 0 aromatic heterocycles. The summed E-state index contributed by atoms with van der Waals surface area (Å²) in [5.41, 5.74) is -1.26. The molecule has 0 aliphatic carbocycles. The summed E-state index contributed by atoms with van der Waals surface area (Å²) in [4.78, 5) is 11.4. The van der Waals surface area contributed by atoms with Crippen LogP contribution in [0.15, 0.2) is 12.1 Å². The summed E-state index contributed by atoms with van der Waals surface area (Å²) < 4.78 is 22.9. The summed E-state index contributed by atoms with van der Waals surface area (Å²) in [5, 5.41) is -0.0149. The number of esters is 1. The first-order valence-electron chi connectivity index (χ1n) is 4.70. The lowest BCUT2D eigenvalue weighted by atomic mass is 10.1. The molecular formula is C11H11Cl2FO3. The zero-order chi connectivity index (χ0) is 13.2. The van der Waals surface area contributed by atoms with Gasteiger partial charge in [0.1, 0.15) is 5.82 Å². The van der Waals surface area contributed by atoms with Crippen LogP contribution in [0.2, 0.25) is 10.0 Å². The van der Waals surface area contributed by atoms with Gasteiger partial charge in [-0.3, -0.25) is 0 Å². The molecule has 1 rings (SSSR count). The van der Waals surface area contributed by atoms with Crippen LogP contribution in [0.1, 0.15) is 13.8 Å². The topological polar surface area (TPSA) is 35.5 Å². The number of methoxy groups -OCH3 is 1. The number of ether oxygens (including phenoxy) is 2. The van der Waals surface area contributed by atoms with Gasteiger partial charge in [0.15, 0.2) is 11.4 Å². The summed E-state index contributed by atoms with van der Waals surface area (Å²) in [6.45, 7) is 2.99. The molecule has 0 saturated heterocycles. The number of carbonyl (C=O) groups is 1. The van der Waals surface area contributed by atoms with Crippen LogP contribution in [0.5, 0.6) is 5.75 Å². The fourth-order valence-corrected chi connectivity index (χ4v) is 1.71. The second-order valence-electron chi connectivity index (χ2n) is 3.80. The van der Waals surface area contributed by atoms with Crippen LogP contribution in [0.3, 0.4) is 0 Å². The average Bonchev–Trinajstić information content (AvgIpc) is 2.22. The number of hydrogen-bond acceptors (Lipinski definition) is 3. The van der Waals surface area contributed by atoms with Gasteiger partial charge in [-0.25, -0.2) is 9.18 Å². The van der Waals surface area contributed by atoms with Crippen molar-refractivity contribution in [2.24, 2.45) is 0 Å².